The molecule has 2 aliphatic rings. The predicted molar refractivity (Wildman–Crippen MR) is 88.1 cm³/mol. The van der Waals surface area contributed by atoms with Crippen LogP contribution in [0.2, 0.25) is 0 Å². The highest BCUT2D eigenvalue weighted by atomic mass is 15.2. The smallest absolute Gasteiger partial charge is 0.0702 e. The van der Waals surface area contributed by atoms with E-state index in [-0.39, 0.29) is 0 Å². The quantitative estimate of drug-likeness (QED) is 0.774. The summed E-state index contributed by atoms with van der Waals surface area (Å²) in [6.45, 7) is 0. The highest BCUT2D eigenvalue weighted by Gasteiger charge is 2.29. The van der Waals surface area contributed by atoms with Crippen LogP contribution in [0.15, 0.2) is 42.6 Å². The third-order valence-corrected chi connectivity index (χ3v) is 5.20. The molecule has 0 saturated carbocycles. The van der Waals surface area contributed by atoms with Crippen LogP contribution < -0.4 is 0 Å². The first-order valence-corrected chi connectivity index (χ1v) is 8.09. The van der Waals surface area contributed by atoms with E-state index in [4.69, 9.17) is 0 Å². The summed E-state index contributed by atoms with van der Waals surface area (Å²) in [5, 5.41) is 1.25. The van der Waals surface area contributed by atoms with Gasteiger partial charge < -0.3 is 0 Å². The summed E-state index contributed by atoms with van der Waals surface area (Å²) in [6.07, 6.45) is 11.1. The number of likely N-dealkylation sites (N-methyl/N-ethyl adjacent to an activating group) is 1. The van der Waals surface area contributed by atoms with E-state index in [0.29, 0.717) is 12.1 Å². The largest absolute Gasteiger partial charge is 0.297 e. The van der Waals surface area contributed by atoms with Crippen LogP contribution >= 0.6 is 0 Å². The van der Waals surface area contributed by atoms with Crippen molar-refractivity contribution >= 4 is 16.5 Å². The SMILES string of the molecule is CN1C2C=C(c3cnc4ccccc4c3)CC1CCCC2. The van der Waals surface area contributed by atoms with Crippen molar-refractivity contribution in [2.75, 3.05) is 7.05 Å². The first-order chi connectivity index (χ1) is 10.3. The van der Waals surface area contributed by atoms with Gasteiger partial charge in [0.2, 0.25) is 0 Å². The topological polar surface area (TPSA) is 16.1 Å². The Morgan fingerprint density at radius 3 is 2.95 bits per heavy atom. The number of aromatic nitrogens is 1. The van der Waals surface area contributed by atoms with Crippen LogP contribution in [0.1, 0.15) is 37.7 Å². The Morgan fingerprint density at radius 2 is 2.00 bits per heavy atom. The molecule has 2 atom stereocenters. The summed E-state index contributed by atoms with van der Waals surface area (Å²) in [4.78, 5) is 7.23. The number of nitrogens with zero attached hydrogens (tertiary/aromatic N) is 2. The molecule has 0 amide bonds. The minimum absolute atomic E-state index is 0.618. The van der Waals surface area contributed by atoms with Crippen molar-refractivity contribution in [2.24, 2.45) is 0 Å². The van der Waals surface area contributed by atoms with Gasteiger partial charge in [-0.15, -0.1) is 0 Å². The average Bonchev–Trinajstić information content (AvgIpc) is 2.63. The van der Waals surface area contributed by atoms with Crippen LogP contribution in [0.5, 0.6) is 0 Å². The first-order valence-electron chi connectivity index (χ1n) is 8.09. The van der Waals surface area contributed by atoms with Crippen LogP contribution in [0.3, 0.4) is 0 Å². The second-order valence-corrected chi connectivity index (χ2v) is 6.48. The lowest BCUT2D eigenvalue weighted by Gasteiger charge is -2.36. The summed E-state index contributed by atoms with van der Waals surface area (Å²) in [5.74, 6) is 0. The molecular weight excluding hydrogens is 256 g/mol. The van der Waals surface area contributed by atoms with Gasteiger partial charge in [0, 0.05) is 23.7 Å². The number of pyridine rings is 1. The molecule has 2 nitrogen and oxygen atoms in total. The van der Waals surface area contributed by atoms with Gasteiger partial charge in [0.1, 0.15) is 0 Å². The maximum atomic E-state index is 4.64. The number of fused-ring (bicyclic) bond motifs is 3. The zero-order valence-electron chi connectivity index (χ0n) is 12.6. The second-order valence-electron chi connectivity index (χ2n) is 6.48. The summed E-state index contributed by atoms with van der Waals surface area (Å²) in [5.41, 5.74) is 3.91. The minimum atomic E-state index is 0.618. The van der Waals surface area contributed by atoms with Gasteiger partial charge in [-0.25, -0.2) is 0 Å². The van der Waals surface area contributed by atoms with Gasteiger partial charge >= 0.3 is 0 Å². The molecule has 4 rings (SSSR count). The molecule has 2 aliphatic heterocycles. The van der Waals surface area contributed by atoms with E-state index in [1.807, 2.05) is 0 Å². The molecule has 2 heteroatoms. The number of rotatable bonds is 1. The van der Waals surface area contributed by atoms with E-state index in [0.717, 1.165) is 5.52 Å². The lowest BCUT2D eigenvalue weighted by atomic mass is 9.90. The van der Waals surface area contributed by atoms with E-state index in [9.17, 15) is 0 Å². The van der Waals surface area contributed by atoms with Gasteiger partial charge in [0.05, 0.1) is 5.52 Å². The normalized spacial score (nSPS) is 26.4. The third kappa shape index (κ3) is 2.38. The molecule has 0 aliphatic carbocycles. The second kappa shape index (κ2) is 5.27. The van der Waals surface area contributed by atoms with Crippen molar-refractivity contribution in [3.05, 3.63) is 48.2 Å². The highest BCUT2D eigenvalue weighted by molar-refractivity contribution is 5.82. The number of para-hydroxylation sites is 1. The van der Waals surface area contributed by atoms with Crippen molar-refractivity contribution in [1.82, 2.24) is 9.88 Å². The molecular formula is C19H22N2. The summed E-state index contributed by atoms with van der Waals surface area (Å²) >= 11 is 0. The summed E-state index contributed by atoms with van der Waals surface area (Å²) in [6, 6.07) is 12.0. The molecule has 1 fully saturated rings. The first kappa shape index (κ1) is 13.0. The van der Waals surface area contributed by atoms with Crippen LogP contribution in [-0.2, 0) is 0 Å². The monoisotopic (exact) mass is 278 g/mol. The van der Waals surface area contributed by atoms with Gasteiger partial charge in [-0.3, -0.25) is 9.88 Å². The van der Waals surface area contributed by atoms with Crippen LogP contribution in [0.4, 0.5) is 0 Å². The summed E-state index contributed by atoms with van der Waals surface area (Å²) in [7, 11) is 2.30. The van der Waals surface area contributed by atoms with Crippen LogP contribution in [-0.4, -0.2) is 29.0 Å². The standard InChI is InChI=1S/C19H22N2/c1-21-17-7-3-4-8-18(21)12-15(11-17)16-10-14-6-2-5-9-19(14)20-13-16/h2,5-6,9-11,13,17-18H,3-4,7-8,12H2,1H3. The molecule has 2 bridgehead atoms. The van der Waals surface area contributed by atoms with E-state index < -0.39 is 0 Å². The molecule has 2 aromatic rings. The maximum absolute atomic E-state index is 4.64. The van der Waals surface area contributed by atoms with Gasteiger partial charge in [-0.2, -0.15) is 0 Å². The Hall–Kier alpha value is -1.67. The Morgan fingerprint density at radius 1 is 1.14 bits per heavy atom. The molecule has 0 spiro atoms. The van der Waals surface area contributed by atoms with Gasteiger partial charge in [0.25, 0.3) is 0 Å². The van der Waals surface area contributed by atoms with Crippen LogP contribution in [0.25, 0.3) is 16.5 Å². The fraction of sp³-hybridized carbons (Fsp3) is 0.421. The Kier molecular flexibility index (Phi) is 3.27. The number of hydrogen-bond acceptors (Lipinski definition) is 2. The zero-order chi connectivity index (χ0) is 14.2. The molecule has 0 N–H and O–H groups in total. The van der Waals surface area contributed by atoms with E-state index in [1.165, 1.54) is 48.6 Å². The fourth-order valence-corrected chi connectivity index (χ4v) is 3.87. The Labute approximate surface area is 126 Å². The average molecular weight is 278 g/mol. The Balaban J connectivity index is 1.74. The lowest BCUT2D eigenvalue weighted by molar-refractivity contribution is 0.197. The molecule has 1 saturated heterocycles. The van der Waals surface area contributed by atoms with Gasteiger partial charge in [-0.1, -0.05) is 37.1 Å². The Bertz CT molecular complexity index is 689. The van der Waals surface area contributed by atoms with Crippen molar-refractivity contribution in [3.8, 4) is 0 Å². The molecule has 2 unspecified atom stereocenters. The summed E-state index contributed by atoms with van der Waals surface area (Å²) < 4.78 is 0. The van der Waals surface area contributed by atoms with Gasteiger partial charge in [0.15, 0.2) is 0 Å². The molecule has 1 aromatic carbocycles. The fourth-order valence-electron chi connectivity index (χ4n) is 3.87. The predicted octanol–water partition coefficient (Wildman–Crippen LogP) is 4.26. The maximum Gasteiger partial charge on any atom is 0.0702 e. The number of benzene rings is 1. The highest BCUT2D eigenvalue weighted by Crippen LogP contribution is 2.35. The van der Waals surface area contributed by atoms with E-state index in [1.54, 1.807) is 0 Å². The molecule has 1 aromatic heterocycles. The van der Waals surface area contributed by atoms with Gasteiger partial charge in [-0.05, 0) is 49.6 Å². The molecule has 108 valence electrons. The van der Waals surface area contributed by atoms with E-state index >= 15 is 0 Å². The number of hydrogen-bond donors (Lipinski definition) is 0. The third-order valence-electron chi connectivity index (χ3n) is 5.20. The molecule has 0 radical (unpaired) electrons. The van der Waals surface area contributed by atoms with Crippen molar-refractivity contribution < 1.29 is 0 Å². The molecule has 3 heterocycles. The van der Waals surface area contributed by atoms with E-state index in [2.05, 4.69) is 59.5 Å². The van der Waals surface area contributed by atoms with Crippen LogP contribution in [0, 0.1) is 0 Å². The van der Waals surface area contributed by atoms with Crippen molar-refractivity contribution in [1.29, 1.82) is 0 Å². The molecule has 21 heavy (non-hydrogen) atoms. The lowest BCUT2D eigenvalue weighted by Crippen LogP contribution is -2.40. The van der Waals surface area contributed by atoms with Crippen molar-refractivity contribution in [3.63, 3.8) is 0 Å². The van der Waals surface area contributed by atoms with Crippen molar-refractivity contribution in [2.45, 2.75) is 44.2 Å². The zero-order valence-corrected chi connectivity index (χ0v) is 12.6. The minimum Gasteiger partial charge on any atom is -0.297 e.